The Labute approximate surface area is 129 Å². The summed E-state index contributed by atoms with van der Waals surface area (Å²) < 4.78 is 10.7. The van der Waals surface area contributed by atoms with Crippen molar-refractivity contribution in [3.63, 3.8) is 0 Å². The minimum Gasteiger partial charge on any atom is -0.465 e. The maximum absolute atomic E-state index is 12.0. The number of benzene rings is 2. The van der Waals surface area contributed by atoms with Gasteiger partial charge in [0, 0.05) is 3.57 Å². The van der Waals surface area contributed by atoms with Crippen LogP contribution in [-0.4, -0.2) is 19.0 Å². The SMILES string of the molecule is COC(=O)c1cccc(OC(=O)c2ccccc2I)c1. The molecule has 0 fully saturated rings. The Kier molecular flexibility index (Phi) is 4.73. The number of carbonyl (C=O) groups is 2. The number of esters is 2. The normalized spacial score (nSPS) is 9.90. The van der Waals surface area contributed by atoms with Gasteiger partial charge in [-0.15, -0.1) is 0 Å². The average molecular weight is 382 g/mol. The highest BCUT2D eigenvalue weighted by molar-refractivity contribution is 14.1. The molecule has 0 heterocycles. The van der Waals surface area contributed by atoms with Crippen LogP contribution in [-0.2, 0) is 4.74 Å². The van der Waals surface area contributed by atoms with Crippen LogP contribution in [0, 0.1) is 3.57 Å². The summed E-state index contributed by atoms with van der Waals surface area (Å²) in [4.78, 5) is 23.5. The van der Waals surface area contributed by atoms with E-state index < -0.39 is 11.9 Å². The van der Waals surface area contributed by atoms with Crippen molar-refractivity contribution in [2.45, 2.75) is 0 Å². The van der Waals surface area contributed by atoms with E-state index in [0.717, 1.165) is 3.57 Å². The van der Waals surface area contributed by atoms with Crippen LogP contribution in [0.4, 0.5) is 0 Å². The number of rotatable bonds is 3. The second kappa shape index (κ2) is 6.51. The first-order valence-electron chi connectivity index (χ1n) is 5.77. The second-order valence-electron chi connectivity index (χ2n) is 3.89. The van der Waals surface area contributed by atoms with Crippen molar-refractivity contribution in [3.05, 3.63) is 63.2 Å². The van der Waals surface area contributed by atoms with Crippen LogP contribution in [0.25, 0.3) is 0 Å². The van der Waals surface area contributed by atoms with Crippen molar-refractivity contribution in [2.75, 3.05) is 7.11 Å². The summed E-state index contributed by atoms with van der Waals surface area (Å²) >= 11 is 2.07. The largest absolute Gasteiger partial charge is 0.465 e. The highest BCUT2D eigenvalue weighted by Crippen LogP contribution is 2.18. The zero-order valence-corrected chi connectivity index (χ0v) is 12.8. The molecule has 0 aliphatic heterocycles. The van der Waals surface area contributed by atoms with Crippen LogP contribution in [0.1, 0.15) is 20.7 Å². The third kappa shape index (κ3) is 3.36. The molecule has 0 aliphatic carbocycles. The number of hydrogen-bond acceptors (Lipinski definition) is 4. The van der Waals surface area contributed by atoms with Crippen molar-refractivity contribution < 1.29 is 19.1 Å². The van der Waals surface area contributed by atoms with E-state index in [-0.39, 0.29) is 0 Å². The quantitative estimate of drug-likeness (QED) is 0.465. The molecule has 0 amide bonds. The maximum atomic E-state index is 12.0. The lowest BCUT2D eigenvalue weighted by atomic mass is 10.2. The molecule has 0 saturated carbocycles. The molecule has 4 nitrogen and oxygen atoms in total. The number of hydrogen-bond donors (Lipinski definition) is 0. The fourth-order valence-corrected chi connectivity index (χ4v) is 2.20. The summed E-state index contributed by atoms with van der Waals surface area (Å²) in [5.41, 5.74) is 0.817. The van der Waals surface area contributed by atoms with Crippen molar-refractivity contribution in [1.82, 2.24) is 0 Å². The molecule has 102 valence electrons. The predicted molar refractivity (Wildman–Crippen MR) is 81.9 cm³/mol. The zero-order chi connectivity index (χ0) is 14.5. The highest BCUT2D eigenvalue weighted by atomic mass is 127. The Morgan fingerprint density at radius 1 is 1.00 bits per heavy atom. The van der Waals surface area contributed by atoms with Gasteiger partial charge in [-0.3, -0.25) is 0 Å². The molecule has 0 saturated heterocycles. The standard InChI is InChI=1S/C15H11IO4/c1-19-14(17)10-5-4-6-11(9-10)20-15(18)12-7-2-3-8-13(12)16/h2-9H,1H3. The van der Waals surface area contributed by atoms with Crippen LogP contribution >= 0.6 is 22.6 Å². The summed E-state index contributed by atoms with van der Waals surface area (Å²) in [7, 11) is 1.30. The van der Waals surface area contributed by atoms with E-state index in [1.54, 1.807) is 30.3 Å². The monoisotopic (exact) mass is 382 g/mol. The minimum atomic E-state index is -0.475. The summed E-state index contributed by atoms with van der Waals surface area (Å²) in [6.07, 6.45) is 0. The van der Waals surface area contributed by atoms with Gasteiger partial charge in [-0.1, -0.05) is 18.2 Å². The molecule has 5 heteroatoms. The number of halogens is 1. The summed E-state index contributed by atoms with van der Waals surface area (Å²) in [6, 6.07) is 13.4. The fourth-order valence-electron chi connectivity index (χ4n) is 1.59. The lowest BCUT2D eigenvalue weighted by Gasteiger charge is -2.07. The van der Waals surface area contributed by atoms with Gasteiger partial charge in [-0.05, 0) is 52.9 Å². The predicted octanol–water partition coefficient (Wildman–Crippen LogP) is 3.30. The Balaban J connectivity index is 2.20. The third-order valence-corrected chi connectivity index (χ3v) is 3.50. The molecular formula is C15H11IO4. The van der Waals surface area contributed by atoms with Gasteiger partial charge >= 0.3 is 11.9 Å². The Hall–Kier alpha value is -1.89. The molecule has 0 N–H and O–H groups in total. The molecule has 0 radical (unpaired) electrons. The fraction of sp³-hybridized carbons (Fsp3) is 0.0667. The first-order valence-corrected chi connectivity index (χ1v) is 6.85. The van der Waals surface area contributed by atoms with Crippen molar-refractivity contribution in [1.29, 1.82) is 0 Å². The van der Waals surface area contributed by atoms with Crippen LogP contribution in [0.5, 0.6) is 5.75 Å². The maximum Gasteiger partial charge on any atom is 0.344 e. The van der Waals surface area contributed by atoms with Crippen LogP contribution in [0.3, 0.4) is 0 Å². The Morgan fingerprint density at radius 2 is 1.75 bits per heavy atom. The minimum absolute atomic E-state index is 0.303. The molecule has 20 heavy (non-hydrogen) atoms. The smallest absolute Gasteiger partial charge is 0.344 e. The number of methoxy groups -OCH3 is 1. The van der Waals surface area contributed by atoms with E-state index in [1.165, 1.54) is 13.2 Å². The zero-order valence-electron chi connectivity index (χ0n) is 10.6. The van der Waals surface area contributed by atoms with E-state index in [2.05, 4.69) is 27.3 Å². The van der Waals surface area contributed by atoms with E-state index in [4.69, 9.17) is 4.74 Å². The summed E-state index contributed by atoms with van der Waals surface area (Å²) in [5, 5.41) is 0. The third-order valence-electron chi connectivity index (χ3n) is 2.56. The van der Waals surface area contributed by atoms with Crippen LogP contribution < -0.4 is 4.74 Å². The molecule has 2 aromatic rings. The van der Waals surface area contributed by atoms with Crippen molar-refractivity contribution in [2.24, 2.45) is 0 Å². The molecule has 2 aromatic carbocycles. The number of ether oxygens (including phenoxy) is 2. The first-order chi connectivity index (χ1) is 9.61. The van der Waals surface area contributed by atoms with Gasteiger partial charge < -0.3 is 9.47 Å². The molecule has 0 aliphatic rings. The molecule has 0 atom stereocenters. The second-order valence-corrected chi connectivity index (χ2v) is 5.05. The Bertz CT molecular complexity index is 652. The molecular weight excluding hydrogens is 371 g/mol. The molecule has 0 aromatic heterocycles. The van der Waals surface area contributed by atoms with Crippen molar-refractivity contribution in [3.8, 4) is 5.75 Å². The van der Waals surface area contributed by atoms with E-state index in [9.17, 15) is 9.59 Å². The first kappa shape index (κ1) is 14.5. The van der Waals surface area contributed by atoms with Crippen molar-refractivity contribution >= 4 is 34.5 Å². The summed E-state index contributed by atoms with van der Waals surface area (Å²) in [6.45, 7) is 0. The van der Waals surface area contributed by atoms with Gasteiger partial charge in [-0.2, -0.15) is 0 Å². The number of carbonyl (C=O) groups excluding carboxylic acids is 2. The van der Waals surface area contributed by atoms with Gasteiger partial charge in [0.05, 0.1) is 18.2 Å². The lowest BCUT2D eigenvalue weighted by molar-refractivity contribution is 0.0597. The van der Waals surface area contributed by atoms with Gasteiger partial charge in [0.15, 0.2) is 0 Å². The van der Waals surface area contributed by atoms with Gasteiger partial charge in [0.1, 0.15) is 5.75 Å². The van der Waals surface area contributed by atoms with Gasteiger partial charge in [0.2, 0.25) is 0 Å². The van der Waals surface area contributed by atoms with E-state index in [1.807, 2.05) is 12.1 Å². The van der Waals surface area contributed by atoms with Gasteiger partial charge in [0.25, 0.3) is 0 Å². The summed E-state index contributed by atoms with van der Waals surface area (Å²) in [5.74, 6) is -0.633. The Morgan fingerprint density at radius 3 is 2.45 bits per heavy atom. The van der Waals surface area contributed by atoms with Gasteiger partial charge in [-0.25, -0.2) is 9.59 Å². The average Bonchev–Trinajstić information content (AvgIpc) is 2.47. The van der Waals surface area contributed by atoms with E-state index in [0.29, 0.717) is 16.9 Å². The topological polar surface area (TPSA) is 52.6 Å². The highest BCUT2D eigenvalue weighted by Gasteiger charge is 2.13. The van der Waals surface area contributed by atoms with E-state index >= 15 is 0 Å². The molecule has 2 rings (SSSR count). The molecule has 0 bridgehead atoms. The molecule has 0 spiro atoms. The van der Waals surface area contributed by atoms with Crippen LogP contribution in [0.2, 0.25) is 0 Å². The molecule has 0 unspecified atom stereocenters. The van der Waals surface area contributed by atoms with Crippen LogP contribution in [0.15, 0.2) is 48.5 Å². The lowest BCUT2D eigenvalue weighted by Crippen LogP contribution is -2.10.